The van der Waals surface area contributed by atoms with E-state index in [1.807, 2.05) is 0 Å². The highest BCUT2D eigenvalue weighted by atomic mass is 35.5. The van der Waals surface area contributed by atoms with Gasteiger partial charge in [-0.2, -0.15) is 28.6 Å². The molecule has 0 aliphatic carbocycles. The Balaban J connectivity index is 1.96. The maximum Gasteiger partial charge on any atom is 0.285 e. The Bertz CT molecular complexity index is 874. The second-order valence-electron chi connectivity index (χ2n) is 5.07. The van der Waals surface area contributed by atoms with Gasteiger partial charge in [-0.05, 0) is 11.6 Å². The van der Waals surface area contributed by atoms with Crippen molar-refractivity contribution >= 4 is 38.7 Å². The summed E-state index contributed by atoms with van der Waals surface area (Å²) in [7, 11) is -4.12. The van der Waals surface area contributed by atoms with Gasteiger partial charge in [0.15, 0.2) is 17.7 Å². The highest BCUT2D eigenvalue weighted by Gasteiger charge is 2.46. The number of nitrogens with two attached hydrogens (primary N) is 2. The molecule has 2 aromatic heterocycles. The third-order valence-corrected chi connectivity index (χ3v) is 4.75. The molecule has 0 amide bonds. The number of nitrogen functional groups attached to an aromatic ring is 1. The predicted octanol–water partition coefficient (Wildman–Crippen LogP) is -2.10. The molecule has 1 aliphatic rings. The van der Waals surface area contributed by atoms with Crippen LogP contribution in [-0.4, -0.2) is 62.2 Å². The third kappa shape index (κ3) is 2.90. The number of fused-ring (bicyclic) bond motifs is 1. The smallest absolute Gasteiger partial charge is 0.285 e. The van der Waals surface area contributed by atoms with Gasteiger partial charge in [0.1, 0.15) is 29.6 Å². The molecule has 4 atom stereocenters. The van der Waals surface area contributed by atoms with Gasteiger partial charge in [-0.1, -0.05) is 0 Å². The van der Waals surface area contributed by atoms with Crippen molar-refractivity contribution in [1.82, 2.24) is 19.5 Å². The number of ether oxygens (including phenoxy) is 1. The van der Waals surface area contributed by atoms with Gasteiger partial charge in [0.2, 0.25) is 5.28 Å². The quantitative estimate of drug-likeness (QED) is 0.335. The van der Waals surface area contributed by atoms with E-state index >= 15 is 0 Å². The number of aromatic nitrogens is 4. The van der Waals surface area contributed by atoms with Gasteiger partial charge < -0.3 is 20.7 Å². The summed E-state index contributed by atoms with van der Waals surface area (Å²) in [6, 6.07) is 0. The largest absolute Gasteiger partial charge is 0.387 e. The molecule has 12 nitrogen and oxygen atoms in total. The van der Waals surface area contributed by atoms with Crippen molar-refractivity contribution in [3.8, 4) is 0 Å². The summed E-state index contributed by atoms with van der Waals surface area (Å²) >= 11 is 5.75. The molecule has 0 spiro atoms. The van der Waals surface area contributed by atoms with Gasteiger partial charge in [0.25, 0.3) is 10.1 Å². The maximum atomic E-state index is 11.4. The first kappa shape index (κ1) is 17.2. The third-order valence-electron chi connectivity index (χ3n) is 3.55. The molecule has 0 bridgehead atoms. The van der Waals surface area contributed by atoms with Gasteiger partial charge in [-0.3, -0.25) is 4.57 Å². The lowest BCUT2D eigenvalue weighted by Crippen LogP contribution is -2.36. The van der Waals surface area contributed by atoms with E-state index in [4.69, 9.17) is 22.1 Å². The number of rotatable bonds is 4. The van der Waals surface area contributed by atoms with E-state index in [0.29, 0.717) is 0 Å². The topological polar surface area (TPSA) is 189 Å². The predicted molar refractivity (Wildman–Crippen MR) is 79.7 cm³/mol. The monoisotopic (exact) mass is 380 g/mol. The maximum absolute atomic E-state index is 11.4. The summed E-state index contributed by atoms with van der Waals surface area (Å²) in [6.45, 7) is 0. The zero-order chi connectivity index (χ0) is 17.6. The number of aliphatic hydroxyl groups excluding tert-OH is 2. The molecule has 0 aromatic carbocycles. The van der Waals surface area contributed by atoms with E-state index in [9.17, 15) is 18.6 Å². The summed E-state index contributed by atoms with van der Waals surface area (Å²) in [6.07, 6.45) is -4.16. The number of anilines is 1. The van der Waals surface area contributed by atoms with E-state index in [0.717, 1.165) is 0 Å². The average Bonchev–Trinajstić information content (AvgIpc) is 3.03. The summed E-state index contributed by atoms with van der Waals surface area (Å²) < 4.78 is 33.3. The summed E-state index contributed by atoms with van der Waals surface area (Å²) in [5.74, 6) is 3.93. The van der Waals surface area contributed by atoms with E-state index in [1.165, 1.54) is 10.9 Å². The number of aliphatic hydroxyl groups is 2. The Kier molecular flexibility index (Phi) is 4.33. The van der Waals surface area contributed by atoms with Gasteiger partial charge in [0.05, 0.1) is 6.33 Å². The SMILES string of the molecule is NOS(=O)(=O)C[C@H]1O[C@@H](n2cnc3c(N)nc(Cl)nc32)[C@H](O)[C@@H]1O. The van der Waals surface area contributed by atoms with E-state index in [-0.39, 0.29) is 22.3 Å². The minimum absolute atomic E-state index is 0.0208. The molecule has 1 aliphatic heterocycles. The number of hydrogen-bond donors (Lipinski definition) is 4. The Morgan fingerprint density at radius 3 is 2.75 bits per heavy atom. The van der Waals surface area contributed by atoms with Crippen molar-refractivity contribution in [2.75, 3.05) is 11.5 Å². The molecule has 6 N–H and O–H groups in total. The lowest BCUT2D eigenvalue weighted by molar-refractivity contribution is -0.0295. The van der Waals surface area contributed by atoms with Crippen LogP contribution in [0.1, 0.15) is 6.23 Å². The number of imidazole rings is 1. The first-order chi connectivity index (χ1) is 11.2. The summed E-state index contributed by atoms with van der Waals surface area (Å²) in [4.78, 5) is 11.7. The molecule has 0 radical (unpaired) electrons. The molecule has 3 rings (SSSR count). The molecule has 0 saturated carbocycles. The van der Waals surface area contributed by atoms with Crippen LogP contribution in [-0.2, 0) is 19.1 Å². The van der Waals surface area contributed by atoms with E-state index in [1.54, 1.807) is 0 Å². The van der Waals surface area contributed by atoms with Crippen LogP contribution in [0.25, 0.3) is 11.2 Å². The molecule has 1 saturated heterocycles. The highest BCUT2D eigenvalue weighted by molar-refractivity contribution is 7.86. The standard InChI is InChI=1S/C10H13ClN6O6S/c11-10-15-7(12)4-8(16-10)17(2-14-4)9-6(19)5(18)3(22-9)1-24(20,21)23-13/h2-3,5-6,9,18-19H,1,13H2,(H2,12,15,16)/t3-,5-,6-,9-/m1/s1. The van der Waals surface area contributed by atoms with E-state index < -0.39 is 40.4 Å². The van der Waals surface area contributed by atoms with Gasteiger partial charge >= 0.3 is 0 Å². The van der Waals surface area contributed by atoms with E-state index in [2.05, 4.69) is 25.1 Å². The van der Waals surface area contributed by atoms with Crippen LogP contribution in [0.15, 0.2) is 6.33 Å². The molecular formula is C10H13ClN6O6S. The van der Waals surface area contributed by atoms with Crippen LogP contribution in [0.4, 0.5) is 5.82 Å². The van der Waals surface area contributed by atoms with Crippen molar-refractivity contribution < 1.29 is 27.7 Å². The molecule has 14 heteroatoms. The van der Waals surface area contributed by atoms with Crippen molar-refractivity contribution in [1.29, 1.82) is 0 Å². The van der Waals surface area contributed by atoms with Crippen LogP contribution >= 0.6 is 11.6 Å². The van der Waals surface area contributed by atoms with Crippen LogP contribution < -0.4 is 11.6 Å². The van der Waals surface area contributed by atoms with Crippen molar-refractivity contribution in [2.24, 2.45) is 5.90 Å². The Morgan fingerprint density at radius 2 is 2.08 bits per heavy atom. The first-order valence-corrected chi connectivity index (χ1v) is 8.47. The van der Waals surface area contributed by atoms with Crippen LogP contribution in [0.2, 0.25) is 5.28 Å². The minimum atomic E-state index is -4.12. The Morgan fingerprint density at radius 1 is 1.38 bits per heavy atom. The average molecular weight is 381 g/mol. The van der Waals surface area contributed by atoms with Crippen molar-refractivity contribution in [2.45, 2.75) is 24.5 Å². The number of halogens is 1. The molecule has 132 valence electrons. The highest BCUT2D eigenvalue weighted by Crippen LogP contribution is 2.33. The molecule has 1 fully saturated rings. The summed E-state index contributed by atoms with van der Waals surface area (Å²) in [5.41, 5.74) is 6.05. The minimum Gasteiger partial charge on any atom is -0.387 e. The zero-order valence-electron chi connectivity index (χ0n) is 11.9. The fourth-order valence-corrected chi connectivity index (χ4v) is 3.36. The fourth-order valence-electron chi connectivity index (χ4n) is 2.43. The first-order valence-electron chi connectivity index (χ1n) is 6.51. The number of nitrogens with zero attached hydrogens (tertiary/aromatic N) is 4. The Hall–Kier alpha value is -1.61. The Labute approximate surface area is 140 Å². The van der Waals surface area contributed by atoms with Gasteiger partial charge in [0, 0.05) is 0 Å². The van der Waals surface area contributed by atoms with Crippen LogP contribution in [0.5, 0.6) is 0 Å². The molecule has 2 aromatic rings. The lowest BCUT2D eigenvalue weighted by atomic mass is 10.1. The van der Waals surface area contributed by atoms with Gasteiger partial charge in [-0.25, -0.2) is 4.98 Å². The number of hydrogen-bond acceptors (Lipinski definition) is 11. The summed E-state index contributed by atoms with van der Waals surface area (Å²) in [5, 5.41) is 20.0. The van der Waals surface area contributed by atoms with Crippen molar-refractivity contribution in [3.05, 3.63) is 11.6 Å². The normalized spacial score (nSPS) is 27.8. The van der Waals surface area contributed by atoms with Crippen LogP contribution in [0.3, 0.4) is 0 Å². The zero-order valence-corrected chi connectivity index (χ0v) is 13.4. The lowest BCUT2D eigenvalue weighted by Gasteiger charge is -2.16. The van der Waals surface area contributed by atoms with Crippen LogP contribution in [0, 0.1) is 0 Å². The van der Waals surface area contributed by atoms with Crippen molar-refractivity contribution in [3.63, 3.8) is 0 Å². The molecular weight excluding hydrogens is 368 g/mol. The van der Waals surface area contributed by atoms with Gasteiger partial charge in [-0.15, -0.1) is 0 Å². The second kappa shape index (κ2) is 6.03. The molecule has 24 heavy (non-hydrogen) atoms. The second-order valence-corrected chi connectivity index (χ2v) is 7.05. The fraction of sp³-hybridized carbons (Fsp3) is 0.500. The molecule has 3 heterocycles. The molecule has 0 unspecified atom stereocenters.